The zero-order chi connectivity index (χ0) is 14.0. The van der Waals surface area contributed by atoms with E-state index in [1.807, 2.05) is 19.1 Å². The van der Waals surface area contributed by atoms with Crippen LogP contribution >= 0.6 is 15.9 Å². The van der Waals surface area contributed by atoms with Crippen molar-refractivity contribution < 1.29 is 0 Å². The molecule has 0 aliphatic heterocycles. The average molecular weight is 318 g/mol. The summed E-state index contributed by atoms with van der Waals surface area (Å²) in [6.07, 6.45) is 0. The van der Waals surface area contributed by atoms with Crippen LogP contribution in [0.5, 0.6) is 0 Å². The molecule has 0 radical (unpaired) electrons. The van der Waals surface area contributed by atoms with Gasteiger partial charge in [0.2, 0.25) is 0 Å². The number of halogens is 1. The van der Waals surface area contributed by atoms with Crippen LogP contribution in [-0.2, 0) is 6.54 Å². The van der Waals surface area contributed by atoms with E-state index in [-0.39, 0.29) is 5.69 Å². The number of nitrogens with zero attached hydrogens (tertiary/aromatic N) is 3. The van der Waals surface area contributed by atoms with E-state index in [4.69, 9.17) is 5.26 Å². The number of aryl methyl sites for hydroxylation is 1. The first-order valence-corrected chi connectivity index (χ1v) is 6.55. The third kappa shape index (κ3) is 2.59. The fourth-order valence-electron chi connectivity index (χ4n) is 1.90. The van der Waals surface area contributed by atoms with Crippen molar-refractivity contribution in [2.75, 3.05) is 0 Å². The minimum atomic E-state index is -0.300. The number of benzene rings is 1. The Balaban J connectivity index is 2.54. The van der Waals surface area contributed by atoms with Crippen molar-refractivity contribution in [2.24, 2.45) is 0 Å². The Morgan fingerprint density at radius 1 is 1.37 bits per heavy atom. The number of hydrogen-bond acceptors (Lipinski definition) is 3. The lowest BCUT2D eigenvalue weighted by Crippen LogP contribution is -2.27. The minimum Gasteiger partial charge on any atom is -0.291 e. The molecule has 1 aromatic carbocycles. The van der Waals surface area contributed by atoms with Gasteiger partial charge in [-0.3, -0.25) is 4.57 Å². The Labute approximate surface area is 119 Å². The zero-order valence-electron chi connectivity index (χ0n) is 10.6. The summed E-state index contributed by atoms with van der Waals surface area (Å²) >= 11 is 3.43. The molecule has 2 aromatic rings. The van der Waals surface area contributed by atoms with Gasteiger partial charge >= 0.3 is 5.69 Å². The molecule has 19 heavy (non-hydrogen) atoms. The van der Waals surface area contributed by atoms with E-state index in [1.54, 1.807) is 23.6 Å². The van der Waals surface area contributed by atoms with Gasteiger partial charge in [-0.1, -0.05) is 18.2 Å². The van der Waals surface area contributed by atoms with Crippen LogP contribution < -0.4 is 5.69 Å². The average Bonchev–Trinajstić information content (AvgIpc) is 2.41. The van der Waals surface area contributed by atoms with Crippen LogP contribution in [0.3, 0.4) is 0 Å². The van der Waals surface area contributed by atoms with E-state index in [0.717, 1.165) is 15.7 Å². The molecular formula is C14H12BrN3O. The zero-order valence-corrected chi connectivity index (χ0v) is 12.2. The molecule has 0 spiro atoms. The summed E-state index contributed by atoms with van der Waals surface area (Å²) in [6.45, 7) is 3.99. The molecule has 1 heterocycles. The lowest BCUT2D eigenvalue weighted by Gasteiger charge is -2.12. The Kier molecular flexibility index (Phi) is 3.82. The molecule has 0 saturated heterocycles. The predicted molar refractivity (Wildman–Crippen MR) is 75.9 cm³/mol. The van der Waals surface area contributed by atoms with Crippen molar-refractivity contribution >= 4 is 15.9 Å². The van der Waals surface area contributed by atoms with Gasteiger partial charge in [0, 0.05) is 5.69 Å². The molecule has 0 aliphatic rings. The van der Waals surface area contributed by atoms with Gasteiger partial charge in [0.05, 0.1) is 28.3 Å². The highest BCUT2D eigenvalue weighted by Crippen LogP contribution is 2.18. The first kappa shape index (κ1) is 13.5. The van der Waals surface area contributed by atoms with E-state index in [9.17, 15) is 4.79 Å². The molecule has 4 nitrogen and oxygen atoms in total. The van der Waals surface area contributed by atoms with Gasteiger partial charge < -0.3 is 0 Å². The van der Waals surface area contributed by atoms with Crippen molar-refractivity contribution in [1.29, 1.82) is 5.26 Å². The van der Waals surface area contributed by atoms with E-state index in [1.165, 1.54) is 0 Å². The normalized spacial score (nSPS) is 10.2. The van der Waals surface area contributed by atoms with Gasteiger partial charge in [0.15, 0.2) is 0 Å². The first-order chi connectivity index (χ1) is 9.04. The number of rotatable bonds is 2. The molecule has 96 valence electrons. The van der Waals surface area contributed by atoms with Crippen LogP contribution in [-0.4, -0.2) is 9.55 Å². The van der Waals surface area contributed by atoms with Crippen molar-refractivity contribution in [1.82, 2.24) is 9.55 Å². The monoisotopic (exact) mass is 317 g/mol. The molecule has 0 bridgehead atoms. The predicted octanol–water partition coefficient (Wildman–Crippen LogP) is 2.54. The van der Waals surface area contributed by atoms with E-state index in [0.29, 0.717) is 17.8 Å². The second kappa shape index (κ2) is 5.37. The van der Waals surface area contributed by atoms with Crippen molar-refractivity contribution in [3.8, 4) is 6.07 Å². The lowest BCUT2D eigenvalue weighted by atomic mass is 10.1. The Morgan fingerprint density at radius 2 is 2.05 bits per heavy atom. The van der Waals surface area contributed by atoms with E-state index < -0.39 is 0 Å². The molecule has 2 rings (SSSR count). The van der Waals surface area contributed by atoms with Crippen LogP contribution in [0.25, 0.3) is 0 Å². The largest absolute Gasteiger partial charge is 0.348 e. The van der Waals surface area contributed by atoms with Crippen LogP contribution in [0.1, 0.15) is 22.5 Å². The molecule has 5 heteroatoms. The molecule has 1 aromatic heterocycles. The quantitative estimate of drug-likeness (QED) is 0.855. The third-order valence-electron chi connectivity index (χ3n) is 3.00. The van der Waals surface area contributed by atoms with Gasteiger partial charge in [0.25, 0.3) is 0 Å². The summed E-state index contributed by atoms with van der Waals surface area (Å²) in [6, 6.07) is 9.38. The molecule has 0 unspecified atom stereocenters. The molecule has 0 N–H and O–H groups in total. The van der Waals surface area contributed by atoms with Gasteiger partial charge in [-0.2, -0.15) is 10.2 Å². The van der Waals surface area contributed by atoms with E-state index >= 15 is 0 Å². The van der Waals surface area contributed by atoms with Crippen LogP contribution in [0, 0.1) is 25.2 Å². The standard InChI is InChI=1S/C14H12BrN3O/c1-9-13(15)10(2)18(14(19)17-9)8-12-6-4-3-5-11(12)7-16/h3-6H,8H2,1-2H3. The lowest BCUT2D eigenvalue weighted by molar-refractivity contribution is 0.687. The van der Waals surface area contributed by atoms with Gasteiger partial charge in [-0.25, -0.2) is 4.79 Å². The highest BCUT2D eigenvalue weighted by Gasteiger charge is 2.11. The topological polar surface area (TPSA) is 58.7 Å². The second-order valence-electron chi connectivity index (χ2n) is 4.23. The fraction of sp³-hybridized carbons (Fsp3) is 0.214. The maximum absolute atomic E-state index is 12.0. The van der Waals surface area contributed by atoms with E-state index in [2.05, 4.69) is 27.0 Å². The highest BCUT2D eigenvalue weighted by molar-refractivity contribution is 9.10. The summed E-state index contributed by atoms with van der Waals surface area (Å²) < 4.78 is 2.38. The third-order valence-corrected chi connectivity index (χ3v) is 4.15. The first-order valence-electron chi connectivity index (χ1n) is 5.76. The highest BCUT2D eigenvalue weighted by atomic mass is 79.9. The summed E-state index contributed by atoms with van der Waals surface area (Å²) in [5.41, 5.74) is 2.57. The number of nitriles is 1. The SMILES string of the molecule is Cc1nc(=O)n(Cc2ccccc2C#N)c(C)c1Br. The maximum Gasteiger partial charge on any atom is 0.348 e. The summed E-state index contributed by atoms with van der Waals surface area (Å²) in [5.74, 6) is 0. The van der Waals surface area contributed by atoms with Crippen molar-refractivity contribution in [3.63, 3.8) is 0 Å². The van der Waals surface area contributed by atoms with Crippen molar-refractivity contribution in [3.05, 3.63) is 61.7 Å². The fourth-order valence-corrected chi connectivity index (χ4v) is 2.20. The summed E-state index contributed by atoms with van der Waals surface area (Å²) in [7, 11) is 0. The Bertz CT molecular complexity index is 728. The number of aromatic nitrogens is 2. The van der Waals surface area contributed by atoms with Crippen molar-refractivity contribution in [2.45, 2.75) is 20.4 Å². The Morgan fingerprint density at radius 3 is 2.74 bits per heavy atom. The molecule has 0 saturated carbocycles. The summed E-state index contributed by atoms with van der Waals surface area (Å²) in [4.78, 5) is 15.9. The van der Waals surface area contributed by atoms with Crippen LogP contribution in [0.15, 0.2) is 33.5 Å². The van der Waals surface area contributed by atoms with Crippen LogP contribution in [0.2, 0.25) is 0 Å². The molecular weight excluding hydrogens is 306 g/mol. The minimum absolute atomic E-state index is 0.300. The molecule has 0 atom stereocenters. The van der Waals surface area contributed by atoms with Gasteiger partial charge in [-0.15, -0.1) is 0 Å². The number of hydrogen-bond donors (Lipinski definition) is 0. The smallest absolute Gasteiger partial charge is 0.291 e. The second-order valence-corrected chi connectivity index (χ2v) is 5.03. The van der Waals surface area contributed by atoms with Gasteiger partial charge in [-0.05, 0) is 41.4 Å². The molecule has 0 amide bonds. The van der Waals surface area contributed by atoms with Gasteiger partial charge in [0.1, 0.15) is 0 Å². The molecule has 0 fully saturated rings. The summed E-state index contributed by atoms with van der Waals surface area (Å²) in [5, 5.41) is 9.07. The Hall–Kier alpha value is -1.93. The molecule has 0 aliphatic carbocycles. The van der Waals surface area contributed by atoms with Crippen LogP contribution in [0.4, 0.5) is 0 Å². The maximum atomic E-state index is 12.0.